The second kappa shape index (κ2) is 9.57. The van der Waals surface area contributed by atoms with Gasteiger partial charge in [0.05, 0.1) is 5.69 Å². The van der Waals surface area contributed by atoms with Crippen LogP contribution >= 0.6 is 0 Å². The lowest BCUT2D eigenvalue weighted by molar-refractivity contribution is -0.122. The summed E-state index contributed by atoms with van der Waals surface area (Å²) >= 11 is 0. The van der Waals surface area contributed by atoms with Crippen LogP contribution in [0.3, 0.4) is 0 Å². The summed E-state index contributed by atoms with van der Waals surface area (Å²) in [4.78, 5) is 40.3. The highest BCUT2D eigenvalue weighted by Gasteiger charge is 2.51. The van der Waals surface area contributed by atoms with Gasteiger partial charge in [-0.1, -0.05) is 37.3 Å². The van der Waals surface area contributed by atoms with E-state index >= 15 is 0 Å². The molecule has 3 aromatic rings. The van der Waals surface area contributed by atoms with Crippen molar-refractivity contribution in [1.29, 1.82) is 0 Å². The van der Waals surface area contributed by atoms with E-state index in [0.717, 1.165) is 50.9 Å². The molecule has 4 saturated carbocycles. The first kappa shape index (κ1) is 26.0. The van der Waals surface area contributed by atoms with Gasteiger partial charge in [-0.25, -0.2) is 9.69 Å². The van der Waals surface area contributed by atoms with Crippen LogP contribution in [0.25, 0.3) is 11.8 Å². The predicted molar refractivity (Wildman–Crippen MR) is 160 cm³/mol. The summed E-state index contributed by atoms with van der Waals surface area (Å²) in [5, 5.41) is 2.37. The summed E-state index contributed by atoms with van der Waals surface area (Å²) < 4.78 is 2.18. The molecule has 5 fully saturated rings. The molecule has 6 heteroatoms. The molecular formula is C35H37N3O3. The Bertz CT molecular complexity index is 1570. The molecule has 41 heavy (non-hydrogen) atoms. The number of carbonyl (C=O) groups is 3. The van der Waals surface area contributed by atoms with Crippen LogP contribution in [0.15, 0.2) is 60.2 Å². The molecule has 5 aliphatic rings. The van der Waals surface area contributed by atoms with E-state index in [1.165, 1.54) is 44.1 Å². The van der Waals surface area contributed by atoms with E-state index in [9.17, 15) is 14.4 Å². The number of hydrogen-bond donors (Lipinski definition) is 1. The quantitative estimate of drug-likeness (QED) is 0.282. The molecule has 210 valence electrons. The average Bonchev–Trinajstić information content (AvgIpc) is 3.22. The Morgan fingerprint density at radius 2 is 1.54 bits per heavy atom. The van der Waals surface area contributed by atoms with Gasteiger partial charge in [-0.2, -0.15) is 0 Å². The SMILES string of the molecule is CCc1ccccc1N1C(=O)NC(=O)/C(=C\c2cc(C)n(-c3ccc(C45CC6CC(CC(C6)C4)C5)cc3)c2C)C1=O. The maximum Gasteiger partial charge on any atom is 0.335 e. The van der Waals surface area contributed by atoms with Gasteiger partial charge in [-0.15, -0.1) is 0 Å². The molecule has 4 bridgehead atoms. The largest absolute Gasteiger partial charge is 0.335 e. The molecule has 4 aliphatic carbocycles. The molecule has 1 aromatic heterocycles. The number of para-hydroxylation sites is 1. The van der Waals surface area contributed by atoms with Gasteiger partial charge in [0.25, 0.3) is 11.8 Å². The first-order chi connectivity index (χ1) is 19.8. The summed E-state index contributed by atoms with van der Waals surface area (Å²) in [6.45, 7) is 6.02. The van der Waals surface area contributed by atoms with Gasteiger partial charge in [0.2, 0.25) is 0 Å². The number of aromatic nitrogens is 1. The molecule has 1 N–H and O–H groups in total. The average molecular weight is 548 g/mol. The van der Waals surface area contributed by atoms with Gasteiger partial charge in [0, 0.05) is 17.1 Å². The van der Waals surface area contributed by atoms with E-state index in [1.54, 1.807) is 18.2 Å². The van der Waals surface area contributed by atoms with Gasteiger partial charge < -0.3 is 4.57 Å². The number of nitrogens with zero attached hydrogens (tertiary/aromatic N) is 2. The summed E-state index contributed by atoms with van der Waals surface area (Å²) in [5.41, 5.74) is 6.98. The normalized spacial score (nSPS) is 28.1. The Hall–Kier alpha value is -3.93. The van der Waals surface area contributed by atoms with Crippen LogP contribution in [0.2, 0.25) is 0 Å². The summed E-state index contributed by atoms with van der Waals surface area (Å²) in [6, 6.07) is 17.7. The van der Waals surface area contributed by atoms with Crippen LogP contribution in [-0.2, 0) is 21.4 Å². The topological polar surface area (TPSA) is 71.4 Å². The van der Waals surface area contributed by atoms with Crippen LogP contribution in [0.1, 0.15) is 73.5 Å². The molecule has 4 amide bonds. The summed E-state index contributed by atoms with van der Waals surface area (Å²) in [6.07, 6.45) is 10.6. The second-order valence-electron chi connectivity index (χ2n) is 12.8. The smallest absolute Gasteiger partial charge is 0.318 e. The Labute approximate surface area is 241 Å². The zero-order chi connectivity index (χ0) is 28.5. The number of imide groups is 2. The number of rotatable bonds is 5. The van der Waals surface area contributed by atoms with Crippen LogP contribution in [0, 0.1) is 31.6 Å². The van der Waals surface area contributed by atoms with Crippen molar-refractivity contribution >= 4 is 29.6 Å². The third-order valence-corrected chi connectivity index (χ3v) is 10.3. The number of aryl methyl sites for hydroxylation is 2. The molecule has 0 atom stereocenters. The van der Waals surface area contributed by atoms with Gasteiger partial charge in [-0.3, -0.25) is 14.9 Å². The molecule has 2 heterocycles. The number of urea groups is 1. The monoisotopic (exact) mass is 547 g/mol. The maximum absolute atomic E-state index is 13.6. The number of barbiturate groups is 1. The van der Waals surface area contributed by atoms with Crippen molar-refractivity contribution in [2.45, 2.75) is 71.1 Å². The van der Waals surface area contributed by atoms with Crippen molar-refractivity contribution < 1.29 is 14.4 Å². The highest BCUT2D eigenvalue weighted by Crippen LogP contribution is 2.60. The maximum atomic E-state index is 13.6. The van der Waals surface area contributed by atoms with Crippen LogP contribution in [0.5, 0.6) is 0 Å². The lowest BCUT2D eigenvalue weighted by atomic mass is 9.48. The minimum atomic E-state index is -0.720. The Kier molecular flexibility index (Phi) is 6.07. The fraction of sp³-hybridized carbons (Fsp3) is 0.400. The minimum absolute atomic E-state index is 0.0482. The van der Waals surface area contributed by atoms with E-state index in [-0.39, 0.29) is 5.57 Å². The van der Waals surface area contributed by atoms with Crippen LogP contribution in [0.4, 0.5) is 10.5 Å². The van der Waals surface area contributed by atoms with Crippen molar-refractivity contribution in [3.8, 4) is 5.69 Å². The standard InChI is InChI=1S/C35H37N3O3/c1-4-26-7-5-6-8-31(26)38-33(40)30(32(39)36-34(38)41)17-27-13-21(2)37(22(27)3)29-11-9-28(10-12-29)35-18-23-14-24(19-35)16-25(15-23)20-35/h5-13,17,23-25H,4,14-16,18-20H2,1-3H3,(H,36,39,41)/b30-17+. The Morgan fingerprint density at radius 3 is 2.17 bits per heavy atom. The zero-order valence-electron chi connectivity index (χ0n) is 24.1. The van der Waals surface area contributed by atoms with E-state index in [2.05, 4.69) is 34.1 Å². The molecule has 6 nitrogen and oxygen atoms in total. The fourth-order valence-electron chi connectivity index (χ4n) is 8.82. The molecule has 0 radical (unpaired) electrons. The molecule has 1 saturated heterocycles. The lowest BCUT2D eigenvalue weighted by Crippen LogP contribution is -2.54. The highest BCUT2D eigenvalue weighted by atomic mass is 16.2. The van der Waals surface area contributed by atoms with Crippen molar-refractivity contribution in [2.24, 2.45) is 17.8 Å². The zero-order valence-corrected chi connectivity index (χ0v) is 24.1. The summed E-state index contributed by atoms with van der Waals surface area (Å²) in [5.74, 6) is 1.45. The third-order valence-electron chi connectivity index (χ3n) is 10.3. The van der Waals surface area contributed by atoms with Crippen molar-refractivity contribution in [2.75, 3.05) is 4.90 Å². The second-order valence-corrected chi connectivity index (χ2v) is 12.8. The lowest BCUT2D eigenvalue weighted by Gasteiger charge is -2.57. The number of amides is 4. The number of hydrogen-bond acceptors (Lipinski definition) is 3. The number of carbonyl (C=O) groups excluding carboxylic acids is 3. The first-order valence-electron chi connectivity index (χ1n) is 15.1. The number of anilines is 1. The van der Waals surface area contributed by atoms with Crippen molar-refractivity contribution in [1.82, 2.24) is 9.88 Å². The van der Waals surface area contributed by atoms with Crippen molar-refractivity contribution in [3.05, 3.63) is 88.2 Å². The summed E-state index contributed by atoms with van der Waals surface area (Å²) in [7, 11) is 0. The fourth-order valence-corrected chi connectivity index (χ4v) is 8.82. The van der Waals surface area contributed by atoms with Gasteiger partial charge in [-0.05, 0) is 129 Å². The Balaban J connectivity index is 1.20. The van der Waals surface area contributed by atoms with Crippen molar-refractivity contribution in [3.63, 3.8) is 0 Å². The predicted octanol–water partition coefficient (Wildman–Crippen LogP) is 6.79. The Morgan fingerprint density at radius 1 is 0.902 bits per heavy atom. The van der Waals surface area contributed by atoms with E-state index < -0.39 is 17.8 Å². The highest BCUT2D eigenvalue weighted by molar-refractivity contribution is 6.39. The number of nitrogens with one attached hydrogen (secondary N) is 1. The van der Waals surface area contributed by atoms with Crippen LogP contribution in [-0.4, -0.2) is 22.4 Å². The molecule has 2 aromatic carbocycles. The molecule has 0 unspecified atom stereocenters. The third kappa shape index (κ3) is 4.18. The number of benzene rings is 2. The van der Waals surface area contributed by atoms with Gasteiger partial charge >= 0.3 is 6.03 Å². The van der Waals surface area contributed by atoms with E-state index in [0.29, 0.717) is 17.5 Å². The molecule has 8 rings (SSSR count). The van der Waals surface area contributed by atoms with Gasteiger partial charge in [0.15, 0.2) is 0 Å². The molecule has 0 spiro atoms. The van der Waals surface area contributed by atoms with Gasteiger partial charge in [0.1, 0.15) is 5.57 Å². The van der Waals surface area contributed by atoms with E-state index in [4.69, 9.17) is 0 Å². The minimum Gasteiger partial charge on any atom is -0.318 e. The van der Waals surface area contributed by atoms with E-state index in [1.807, 2.05) is 39.0 Å². The first-order valence-corrected chi connectivity index (χ1v) is 15.1. The molecular weight excluding hydrogens is 510 g/mol. The molecule has 1 aliphatic heterocycles. The van der Waals surface area contributed by atoms with Crippen LogP contribution < -0.4 is 10.2 Å².